The number of aryl methyl sites for hydroxylation is 1. The van der Waals surface area contributed by atoms with Gasteiger partial charge >= 0.3 is 12.0 Å². The van der Waals surface area contributed by atoms with Crippen LogP contribution in [0.2, 0.25) is 0 Å². The Kier molecular flexibility index (Phi) is 3.97. The molecule has 108 valence electrons. The number of aromatic carboxylic acids is 1. The molecule has 1 aromatic rings. The third-order valence-electron chi connectivity index (χ3n) is 3.78. The van der Waals surface area contributed by atoms with Crippen molar-refractivity contribution in [2.75, 3.05) is 18.9 Å². The highest BCUT2D eigenvalue weighted by atomic mass is 16.4. The number of nitrogens with one attached hydrogen (secondary N) is 1. The number of carboxylic acid groups (broad SMARTS) is 1. The Morgan fingerprint density at radius 1 is 1.45 bits per heavy atom. The van der Waals surface area contributed by atoms with Gasteiger partial charge in [0.15, 0.2) is 0 Å². The quantitative estimate of drug-likeness (QED) is 0.888. The van der Waals surface area contributed by atoms with Gasteiger partial charge in [0.2, 0.25) is 0 Å². The predicted molar refractivity (Wildman–Crippen MR) is 77.1 cm³/mol. The van der Waals surface area contributed by atoms with Crippen LogP contribution < -0.4 is 5.32 Å². The largest absolute Gasteiger partial charge is 0.478 e. The van der Waals surface area contributed by atoms with Gasteiger partial charge in [-0.05, 0) is 37.3 Å². The average Bonchev–Trinajstić information content (AvgIpc) is 3.06. The van der Waals surface area contributed by atoms with Crippen molar-refractivity contribution in [3.05, 3.63) is 29.3 Å². The summed E-state index contributed by atoms with van der Waals surface area (Å²) < 4.78 is 0. The molecule has 0 saturated heterocycles. The predicted octanol–water partition coefficient (Wildman–Crippen LogP) is 2.81. The van der Waals surface area contributed by atoms with Crippen LogP contribution in [0.3, 0.4) is 0 Å². The van der Waals surface area contributed by atoms with Crippen LogP contribution in [-0.4, -0.2) is 35.6 Å². The maximum absolute atomic E-state index is 12.1. The molecule has 5 heteroatoms. The summed E-state index contributed by atoms with van der Waals surface area (Å²) in [5.74, 6) is 0.212. The third-order valence-corrected chi connectivity index (χ3v) is 3.78. The number of carbonyl (C=O) groups excluding carboxylic acids is 1. The average molecular weight is 276 g/mol. The summed E-state index contributed by atoms with van der Waals surface area (Å²) in [6, 6.07) is 4.70. The van der Waals surface area contributed by atoms with Crippen molar-refractivity contribution in [2.45, 2.75) is 20.3 Å². The maximum atomic E-state index is 12.1. The van der Waals surface area contributed by atoms with Crippen LogP contribution in [0.25, 0.3) is 0 Å². The van der Waals surface area contributed by atoms with E-state index in [4.69, 9.17) is 5.11 Å². The van der Waals surface area contributed by atoms with Crippen molar-refractivity contribution >= 4 is 17.7 Å². The van der Waals surface area contributed by atoms with Gasteiger partial charge in [0.05, 0.1) is 11.3 Å². The Morgan fingerprint density at radius 3 is 2.65 bits per heavy atom. The van der Waals surface area contributed by atoms with Crippen LogP contribution in [0, 0.1) is 18.8 Å². The minimum Gasteiger partial charge on any atom is -0.478 e. The molecule has 1 aliphatic carbocycles. The van der Waals surface area contributed by atoms with Gasteiger partial charge < -0.3 is 15.3 Å². The molecule has 2 unspecified atom stereocenters. The number of anilines is 1. The molecule has 2 amide bonds. The van der Waals surface area contributed by atoms with Gasteiger partial charge in [-0.3, -0.25) is 0 Å². The molecule has 0 heterocycles. The number of carbonyl (C=O) groups is 2. The number of hydrogen-bond donors (Lipinski definition) is 2. The summed E-state index contributed by atoms with van der Waals surface area (Å²) in [4.78, 5) is 24.9. The van der Waals surface area contributed by atoms with Crippen LogP contribution in [0.1, 0.15) is 29.3 Å². The minimum atomic E-state index is -1.04. The lowest BCUT2D eigenvalue weighted by Crippen LogP contribution is -2.33. The van der Waals surface area contributed by atoms with Gasteiger partial charge in [-0.2, -0.15) is 0 Å². The molecule has 0 radical (unpaired) electrons. The highest BCUT2D eigenvalue weighted by molar-refractivity contribution is 6.00. The highest BCUT2D eigenvalue weighted by Crippen LogP contribution is 2.38. The van der Waals surface area contributed by atoms with E-state index in [2.05, 4.69) is 12.2 Å². The number of urea groups is 1. The van der Waals surface area contributed by atoms with E-state index in [9.17, 15) is 9.59 Å². The fourth-order valence-electron chi connectivity index (χ4n) is 2.24. The minimum absolute atomic E-state index is 0.117. The number of hydrogen-bond acceptors (Lipinski definition) is 2. The van der Waals surface area contributed by atoms with Gasteiger partial charge in [0.1, 0.15) is 0 Å². The number of rotatable bonds is 4. The second-order valence-corrected chi connectivity index (χ2v) is 5.64. The SMILES string of the molecule is Cc1ccc(NC(=O)N(C)CC2CC2C)c(C(=O)O)c1. The summed E-state index contributed by atoms with van der Waals surface area (Å²) in [6.45, 7) is 4.69. The molecule has 2 atom stereocenters. The van der Waals surface area contributed by atoms with E-state index < -0.39 is 5.97 Å². The summed E-state index contributed by atoms with van der Waals surface area (Å²) in [6.07, 6.45) is 1.16. The van der Waals surface area contributed by atoms with Crippen molar-refractivity contribution in [3.8, 4) is 0 Å². The second kappa shape index (κ2) is 5.53. The van der Waals surface area contributed by atoms with Crippen LogP contribution in [0.4, 0.5) is 10.5 Å². The van der Waals surface area contributed by atoms with Crippen molar-refractivity contribution in [2.24, 2.45) is 11.8 Å². The zero-order valence-electron chi connectivity index (χ0n) is 12.0. The maximum Gasteiger partial charge on any atom is 0.337 e. The molecule has 0 spiro atoms. The molecule has 2 N–H and O–H groups in total. The number of carboxylic acids is 1. The summed E-state index contributed by atoms with van der Waals surface area (Å²) in [5.41, 5.74) is 1.30. The topological polar surface area (TPSA) is 69.6 Å². The molecule has 1 aliphatic rings. The van der Waals surface area contributed by atoms with Crippen LogP contribution in [0.15, 0.2) is 18.2 Å². The van der Waals surface area contributed by atoms with E-state index in [1.807, 2.05) is 6.92 Å². The second-order valence-electron chi connectivity index (χ2n) is 5.64. The van der Waals surface area contributed by atoms with Crippen LogP contribution in [-0.2, 0) is 0 Å². The number of amides is 2. The van der Waals surface area contributed by atoms with Gasteiger partial charge in [0, 0.05) is 13.6 Å². The molecular formula is C15H20N2O3. The lowest BCUT2D eigenvalue weighted by atomic mass is 10.1. The Balaban J connectivity index is 2.05. The zero-order valence-corrected chi connectivity index (χ0v) is 12.0. The third kappa shape index (κ3) is 3.29. The molecule has 1 fully saturated rings. The Hall–Kier alpha value is -2.04. The van der Waals surface area contributed by atoms with E-state index in [0.717, 1.165) is 12.0 Å². The first-order chi connectivity index (χ1) is 9.38. The lowest BCUT2D eigenvalue weighted by Gasteiger charge is -2.18. The van der Waals surface area contributed by atoms with Gasteiger partial charge in [-0.1, -0.05) is 18.6 Å². The van der Waals surface area contributed by atoms with Gasteiger partial charge in [-0.25, -0.2) is 9.59 Å². The van der Waals surface area contributed by atoms with E-state index in [1.165, 1.54) is 0 Å². The van der Waals surface area contributed by atoms with Crippen molar-refractivity contribution in [1.82, 2.24) is 4.90 Å². The lowest BCUT2D eigenvalue weighted by molar-refractivity contribution is 0.0698. The number of nitrogens with zero attached hydrogens (tertiary/aromatic N) is 1. The fourth-order valence-corrected chi connectivity index (χ4v) is 2.24. The van der Waals surface area contributed by atoms with E-state index in [0.29, 0.717) is 24.1 Å². The highest BCUT2D eigenvalue weighted by Gasteiger charge is 2.34. The number of benzene rings is 1. The first-order valence-electron chi connectivity index (χ1n) is 6.74. The first-order valence-corrected chi connectivity index (χ1v) is 6.74. The summed E-state index contributed by atoms with van der Waals surface area (Å²) >= 11 is 0. The molecule has 20 heavy (non-hydrogen) atoms. The molecular weight excluding hydrogens is 256 g/mol. The van der Waals surface area contributed by atoms with E-state index in [1.54, 1.807) is 30.1 Å². The Bertz CT molecular complexity index is 542. The van der Waals surface area contributed by atoms with Crippen LogP contribution in [0.5, 0.6) is 0 Å². The Labute approximate surface area is 118 Å². The van der Waals surface area contributed by atoms with Crippen molar-refractivity contribution in [1.29, 1.82) is 0 Å². The zero-order chi connectivity index (χ0) is 14.9. The van der Waals surface area contributed by atoms with Gasteiger partial charge in [0.25, 0.3) is 0 Å². The Morgan fingerprint density at radius 2 is 2.10 bits per heavy atom. The molecule has 0 aliphatic heterocycles. The van der Waals surface area contributed by atoms with Crippen LogP contribution >= 0.6 is 0 Å². The summed E-state index contributed by atoms with van der Waals surface area (Å²) in [7, 11) is 1.73. The van der Waals surface area contributed by atoms with E-state index >= 15 is 0 Å². The molecule has 0 bridgehead atoms. The van der Waals surface area contributed by atoms with Gasteiger partial charge in [-0.15, -0.1) is 0 Å². The normalized spacial score (nSPS) is 20.4. The summed E-state index contributed by atoms with van der Waals surface area (Å²) in [5, 5.41) is 11.8. The first kappa shape index (κ1) is 14.4. The molecule has 1 saturated carbocycles. The molecule has 2 rings (SSSR count). The monoisotopic (exact) mass is 276 g/mol. The fraction of sp³-hybridized carbons (Fsp3) is 0.467. The van der Waals surface area contributed by atoms with Crippen molar-refractivity contribution in [3.63, 3.8) is 0 Å². The standard InChI is InChI=1S/C15H20N2O3/c1-9-4-5-13(12(6-9)14(18)19)16-15(20)17(3)8-11-7-10(11)2/h4-6,10-11H,7-8H2,1-3H3,(H,16,20)(H,18,19). The molecule has 0 aromatic heterocycles. The molecule has 5 nitrogen and oxygen atoms in total. The van der Waals surface area contributed by atoms with E-state index in [-0.39, 0.29) is 11.6 Å². The molecule has 1 aromatic carbocycles. The van der Waals surface area contributed by atoms with Crippen molar-refractivity contribution < 1.29 is 14.7 Å². The smallest absolute Gasteiger partial charge is 0.337 e.